The zero-order valence-corrected chi connectivity index (χ0v) is 8.95. The van der Waals surface area contributed by atoms with Crippen molar-refractivity contribution in [3.8, 4) is 5.75 Å². The van der Waals surface area contributed by atoms with Crippen molar-refractivity contribution in [2.45, 2.75) is 13.5 Å². The molecule has 2 aromatic rings. The van der Waals surface area contributed by atoms with Gasteiger partial charge in [-0.15, -0.1) is 0 Å². The van der Waals surface area contributed by atoms with Gasteiger partial charge in [0.05, 0.1) is 4.92 Å². The fourth-order valence-corrected chi connectivity index (χ4v) is 1.63. The second-order valence-electron chi connectivity index (χ2n) is 3.44. The molecule has 0 amide bonds. The highest BCUT2D eigenvalue weighted by Crippen LogP contribution is 2.19. The normalized spacial score (nSPS) is 10.6. The average molecular weight is 235 g/mol. The van der Waals surface area contributed by atoms with Crippen molar-refractivity contribution in [1.82, 2.24) is 9.55 Å². The number of aromatic nitrogens is 2. The highest BCUT2D eigenvalue weighted by molar-refractivity contribution is 5.78. The van der Waals surface area contributed by atoms with E-state index in [0.717, 1.165) is 6.20 Å². The van der Waals surface area contributed by atoms with Gasteiger partial charge in [0.2, 0.25) is 0 Å². The van der Waals surface area contributed by atoms with Gasteiger partial charge in [0.25, 0.3) is 11.2 Å². The monoisotopic (exact) mass is 235 g/mol. The fraction of sp³-hybridized carbons (Fsp3) is 0.200. The van der Waals surface area contributed by atoms with Crippen LogP contribution in [0.4, 0.5) is 5.69 Å². The van der Waals surface area contributed by atoms with Gasteiger partial charge >= 0.3 is 0 Å². The number of hydrogen-bond acceptors (Lipinski definition) is 5. The summed E-state index contributed by atoms with van der Waals surface area (Å²) in [5.41, 5.74) is -0.416. The molecule has 0 aliphatic carbocycles. The van der Waals surface area contributed by atoms with Crippen molar-refractivity contribution < 1.29 is 10.0 Å². The third kappa shape index (κ3) is 1.71. The molecule has 7 heteroatoms. The first-order valence-corrected chi connectivity index (χ1v) is 4.91. The molecule has 7 nitrogen and oxygen atoms in total. The van der Waals surface area contributed by atoms with Crippen LogP contribution in [0.5, 0.6) is 5.75 Å². The molecule has 0 atom stereocenters. The van der Waals surface area contributed by atoms with Gasteiger partial charge in [0.15, 0.2) is 5.75 Å². The molecule has 88 valence electrons. The van der Waals surface area contributed by atoms with Gasteiger partial charge in [-0.2, -0.15) is 0 Å². The van der Waals surface area contributed by atoms with E-state index in [1.807, 2.05) is 0 Å². The van der Waals surface area contributed by atoms with E-state index in [2.05, 4.69) is 4.98 Å². The predicted molar refractivity (Wildman–Crippen MR) is 60.0 cm³/mol. The summed E-state index contributed by atoms with van der Waals surface area (Å²) in [5, 5.41) is 20.4. The molecule has 2 aromatic heterocycles. The largest absolute Gasteiger partial charge is 0.503 e. The van der Waals surface area contributed by atoms with Crippen LogP contribution in [0.3, 0.4) is 0 Å². The third-order valence-electron chi connectivity index (χ3n) is 2.42. The third-order valence-corrected chi connectivity index (χ3v) is 2.42. The second kappa shape index (κ2) is 3.85. The Balaban J connectivity index is 2.85. The number of rotatable bonds is 2. The minimum atomic E-state index is -0.578. The number of fused-ring (bicyclic) bond motifs is 1. The van der Waals surface area contributed by atoms with E-state index < -0.39 is 16.2 Å². The summed E-state index contributed by atoms with van der Waals surface area (Å²) in [6, 6.07) is 2.46. The molecule has 0 unspecified atom stereocenters. The quantitative estimate of drug-likeness (QED) is 0.619. The number of pyridine rings is 2. The lowest BCUT2D eigenvalue weighted by Crippen LogP contribution is -2.19. The van der Waals surface area contributed by atoms with E-state index in [0.29, 0.717) is 17.6 Å². The van der Waals surface area contributed by atoms with Crippen molar-refractivity contribution in [2.75, 3.05) is 0 Å². The van der Waals surface area contributed by atoms with Crippen molar-refractivity contribution >= 4 is 16.7 Å². The number of hydrogen-bond donors (Lipinski definition) is 1. The minimum absolute atomic E-state index is 0.182. The molecule has 0 aliphatic rings. The van der Waals surface area contributed by atoms with Crippen LogP contribution in [-0.4, -0.2) is 19.6 Å². The smallest absolute Gasteiger partial charge is 0.294 e. The Hall–Kier alpha value is -2.44. The van der Waals surface area contributed by atoms with E-state index in [1.54, 1.807) is 6.92 Å². The van der Waals surface area contributed by atoms with Crippen molar-refractivity contribution in [2.24, 2.45) is 0 Å². The molecule has 0 aromatic carbocycles. The Labute approximate surface area is 95.1 Å². The summed E-state index contributed by atoms with van der Waals surface area (Å²) in [7, 11) is 0. The molecule has 2 rings (SSSR count). The number of aryl methyl sites for hydroxylation is 1. The van der Waals surface area contributed by atoms with Gasteiger partial charge in [-0.25, -0.2) is 4.98 Å². The Morgan fingerprint density at radius 2 is 2.24 bits per heavy atom. The molecule has 2 heterocycles. The lowest BCUT2D eigenvalue weighted by atomic mass is 10.2. The summed E-state index contributed by atoms with van der Waals surface area (Å²) in [6.45, 7) is 2.05. The van der Waals surface area contributed by atoms with E-state index in [4.69, 9.17) is 0 Å². The van der Waals surface area contributed by atoms with Crippen LogP contribution in [0.2, 0.25) is 0 Å². The maximum Gasteiger partial charge on any atom is 0.294 e. The van der Waals surface area contributed by atoms with Crippen LogP contribution in [0.1, 0.15) is 6.92 Å². The van der Waals surface area contributed by atoms with Gasteiger partial charge in [0.1, 0.15) is 11.8 Å². The van der Waals surface area contributed by atoms with Crippen LogP contribution in [-0.2, 0) is 6.54 Å². The van der Waals surface area contributed by atoms with E-state index in [-0.39, 0.29) is 5.69 Å². The van der Waals surface area contributed by atoms with Crippen molar-refractivity contribution in [3.63, 3.8) is 0 Å². The van der Waals surface area contributed by atoms with Gasteiger partial charge in [-0.1, -0.05) is 0 Å². The lowest BCUT2D eigenvalue weighted by Gasteiger charge is -2.06. The summed E-state index contributed by atoms with van der Waals surface area (Å²) in [6.07, 6.45) is 1.09. The molecule has 0 bridgehead atoms. The number of nitro groups is 1. The lowest BCUT2D eigenvalue weighted by molar-refractivity contribution is -0.385. The summed E-state index contributed by atoms with van der Waals surface area (Å²) >= 11 is 0. The zero-order chi connectivity index (χ0) is 12.6. The minimum Gasteiger partial charge on any atom is -0.503 e. The Morgan fingerprint density at radius 3 is 2.82 bits per heavy atom. The Bertz CT molecular complexity index is 662. The first kappa shape index (κ1) is 11.1. The summed E-state index contributed by atoms with van der Waals surface area (Å²) in [4.78, 5) is 25.5. The van der Waals surface area contributed by atoms with Crippen LogP contribution in [0.15, 0.2) is 23.1 Å². The zero-order valence-electron chi connectivity index (χ0n) is 8.95. The van der Waals surface area contributed by atoms with E-state index in [9.17, 15) is 20.0 Å². The molecule has 0 saturated carbocycles. The second-order valence-corrected chi connectivity index (χ2v) is 3.44. The van der Waals surface area contributed by atoms with Crippen LogP contribution < -0.4 is 5.56 Å². The summed E-state index contributed by atoms with van der Waals surface area (Å²) < 4.78 is 1.26. The van der Waals surface area contributed by atoms with Gasteiger partial charge in [0, 0.05) is 18.0 Å². The van der Waals surface area contributed by atoms with Crippen molar-refractivity contribution in [1.29, 1.82) is 0 Å². The molecule has 0 fully saturated rings. The first-order chi connectivity index (χ1) is 8.04. The number of aromatic hydroxyl groups is 1. The standard InChI is InChI=1S/C10H9N3O4/c1-2-12-9-6(4-8(14)10(12)15)3-7(5-11-9)13(16)17/h3-5,14H,2H2,1H3. The van der Waals surface area contributed by atoms with Gasteiger partial charge in [-0.05, 0) is 13.0 Å². The van der Waals surface area contributed by atoms with Gasteiger partial charge < -0.3 is 5.11 Å². The number of nitrogens with zero attached hydrogens (tertiary/aromatic N) is 3. The molecular weight excluding hydrogens is 226 g/mol. The van der Waals surface area contributed by atoms with Crippen LogP contribution >= 0.6 is 0 Å². The maximum atomic E-state index is 11.6. The topological polar surface area (TPSA) is 98.3 Å². The molecule has 0 radical (unpaired) electrons. The van der Waals surface area contributed by atoms with Crippen LogP contribution in [0, 0.1) is 10.1 Å². The molecule has 0 aliphatic heterocycles. The van der Waals surface area contributed by atoms with E-state index in [1.165, 1.54) is 16.7 Å². The van der Waals surface area contributed by atoms with E-state index >= 15 is 0 Å². The fourth-order valence-electron chi connectivity index (χ4n) is 1.63. The van der Waals surface area contributed by atoms with Crippen LogP contribution in [0.25, 0.3) is 11.0 Å². The molecule has 17 heavy (non-hydrogen) atoms. The Kier molecular flexibility index (Phi) is 2.51. The average Bonchev–Trinajstić information content (AvgIpc) is 2.30. The predicted octanol–water partition coefficient (Wildman–Crippen LogP) is 1.03. The first-order valence-electron chi connectivity index (χ1n) is 4.91. The highest BCUT2D eigenvalue weighted by atomic mass is 16.6. The highest BCUT2D eigenvalue weighted by Gasteiger charge is 2.12. The molecule has 0 saturated heterocycles. The molecular formula is C10H9N3O4. The maximum absolute atomic E-state index is 11.6. The molecule has 0 spiro atoms. The molecule has 1 N–H and O–H groups in total. The van der Waals surface area contributed by atoms with Crippen molar-refractivity contribution in [3.05, 3.63) is 38.8 Å². The summed E-state index contributed by atoms with van der Waals surface area (Å²) in [5.74, 6) is -0.443. The Morgan fingerprint density at radius 1 is 1.53 bits per heavy atom. The SMILES string of the molecule is CCn1c(=O)c(O)cc2cc([N+](=O)[O-])cnc21. The van der Waals surface area contributed by atoms with Gasteiger partial charge in [-0.3, -0.25) is 19.5 Å².